The van der Waals surface area contributed by atoms with Crippen LogP contribution >= 0.6 is 0 Å². The third-order valence-corrected chi connectivity index (χ3v) is 2.38. The minimum atomic E-state index is -5.58. The van der Waals surface area contributed by atoms with Gasteiger partial charge >= 0.3 is 19.1 Å². The number of hydrogen-bond donors (Lipinski definition) is 0. The van der Waals surface area contributed by atoms with Crippen LogP contribution in [0.1, 0.15) is 25.3 Å². The summed E-state index contributed by atoms with van der Waals surface area (Å²) in [5, 5.41) is 0. The second-order valence-electron chi connectivity index (χ2n) is 4.64. The van der Waals surface area contributed by atoms with Gasteiger partial charge in [-0.05, 0) is 23.6 Å². The number of ether oxygens (including phenoxy) is 3. The topological polar surface area (TPSA) is 27.7 Å². The summed E-state index contributed by atoms with van der Waals surface area (Å²) in [7, 11) is 0. The lowest BCUT2D eigenvalue weighted by Crippen LogP contribution is -2.24. The highest BCUT2D eigenvalue weighted by Gasteiger charge is 2.41. The van der Waals surface area contributed by atoms with Gasteiger partial charge in [0.05, 0.1) is 0 Å². The molecule has 0 saturated carbocycles. The lowest BCUT2D eigenvalue weighted by molar-refractivity contribution is -0.293. The van der Waals surface area contributed by atoms with Crippen molar-refractivity contribution < 1.29 is 53.7 Å². The van der Waals surface area contributed by atoms with Gasteiger partial charge in [-0.1, -0.05) is 13.8 Å². The van der Waals surface area contributed by atoms with E-state index >= 15 is 0 Å². The Labute approximate surface area is 128 Å². The average Bonchev–Trinajstić information content (AvgIpc) is 2.27. The molecule has 12 heteroatoms. The Bertz CT molecular complexity index is 536. The molecule has 1 aromatic rings. The molecule has 0 spiro atoms. The molecule has 0 N–H and O–H groups in total. The maximum Gasteiger partial charge on any atom is 0.573 e. The molecule has 0 aliphatic rings. The van der Waals surface area contributed by atoms with E-state index in [1.807, 2.05) is 0 Å². The van der Waals surface area contributed by atoms with Crippen LogP contribution in [-0.4, -0.2) is 19.1 Å². The first kappa shape index (κ1) is 20.0. The van der Waals surface area contributed by atoms with E-state index in [0.29, 0.717) is 12.1 Å². The van der Waals surface area contributed by atoms with Crippen LogP contribution in [0.3, 0.4) is 0 Å². The summed E-state index contributed by atoms with van der Waals surface area (Å²) >= 11 is 0. The molecule has 1 rings (SSSR count). The fourth-order valence-corrected chi connectivity index (χ4v) is 1.55. The molecule has 0 bridgehead atoms. The van der Waals surface area contributed by atoms with Crippen molar-refractivity contribution in [2.45, 2.75) is 38.9 Å². The van der Waals surface area contributed by atoms with Crippen molar-refractivity contribution in [3.05, 3.63) is 17.7 Å². The van der Waals surface area contributed by atoms with E-state index in [2.05, 4.69) is 14.2 Å². The molecule has 0 atom stereocenters. The van der Waals surface area contributed by atoms with Crippen LogP contribution in [0.4, 0.5) is 39.5 Å². The summed E-state index contributed by atoms with van der Waals surface area (Å²) in [5.74, 6) is -5.74. The summed E-state index contributed by atoms with van der Waals surface area (Å²) in [6, 6.07) is 0.977. The summed E-state index contributed by atoms with van der Waals surface area (Å²) < 4.78 is 121. The van der Waals surface area contributed by atoms with Crippen LogP contribution in [-0.2, 0) is 0 Å². The Hall–Kier alpha value is -2.01. The van der Waals surface area contributed by atoms with E-state index in [1.165, 1.54) is 13.8 Å². The number of rotatable bonds is 4. The molecule has 3 nitrogen and oxygen atoms in total. The molecule has 138 valence electrons. The first-order chi connectivity index (χ1) is 10.6. The minimum Gasteiger partial charge on any atom is -0.402 e. The van der Waals surface area contributed by atoms with Gasteiger partial charge in [0.2, 0.25) is 5.75 Å². The summed E-state index contributed by atoms with van der Waals surface area (Å²) in [5.41, 5.74) is -0.192. The number of hydrogen-bond acceptors (Lipinski definition) is 3. The van der Waals surface area contributed by atoms with Gasteiger partial charge in [0.1, 0.15) is 0 Å². The van der Waals surface area contributed by atoms with Crippen LogP contribution in [0.25, 0.3) is 0 Å². The van der Waals surface area contributed by atoms with Crippen molar-refractivity contribution in [2.24, 2.45) is 0 Å². The fourth-order valence-electron chi connectivity index (χ4n) is 1.55. The van der Waals surface area contributed by atoms with E-state index in [4.69, 9.17) is 0 Å². The summed E-state index contributed by atoms with van der Waals surface area (Å²) in [6.45, 7) is 2.77. The molecule has 0 fully saturated rings. The standard InChI is InChI=1S/C12H9F9O3/c1-5(2)6-3-7(22-10(13,14)15)9(24-12(19,20)21)8(4-6)23-11(16,17)18/h3-5H,1-2H3. The highest BCUT2D eigenvalue weighted by molar-refractivity contribution is 5.54. The predicted octanol–water partition coefficient (Wildman–Crippen LogP) is 5.51. The maximum atomic E-state index is 12.3. The van der Waals surface area contributed by atoms with Crippen LogP contribution in [0.5, 0.6) is 17.2 Å². The molecule has 0 amide bonds. The monoisotopic (exact) mass is 372 g/mol. The Morgan fingerprint density at radius 2 is 1.00 bits per heavy atom. The van der Waals surface area contributed by atoms with Crippen molar-refractivity contribution in [3.8, 4) is 17.2 Å². The summed E-state index contributed by atoms with van der Waals surface area (Å²) in [4.78, 5) is 0. The van der Waals surface area contributed by atoms with Gasteiger partial charge in [0.25, 0.3) is 0 Å². The smallest absolute Gasteiger partial charge is 0.402 e. The van der Waals surface area contributed by atoms with Crippen molar-refractivity contribution >= 4 is 0 Å². The Morgan fingerprint density at radius 3 is 1.25 bits per heavy atom. The highest BCUT2D eigenvalue weighted by Crippen LogP contribution is 2.46. The van der Waals surface area contributed by atoms with Crippen molar-refractivity contribution in [1.29, 1.82) is 0 Å². The van der Waals surface area contributed by atoms with E-state index in [0.717, 1.165) is 0 Å². The first-order valence-corrected chi connectivity index (χ1v) is 6.02. The zero-order valence-corrected chi connectivity index (χ0v) is 11.9. The van der Waals surface area contributed by atoms with Crippen LogP contribution in [0.2, 0.25) is 0 Å². The SMILES string of the molecule is CC(C)c1cc(OC(F)(F)F)c(OC(F)(F)F)c(OC(F)(F)F)c1. The molecule has 0 heterocycles. The zero-order valence-electron chi connectivity index (χ0n) is 11.9. The zero-order chi connectivity index (χ0) is 18.9. The van der Waals surface area contributed by atoms with E-state index < -0.39 is 42.3 Å². The lowest BCUT2D eigenvalue weighted by atomic mass is 10.0. The quantitative estimate of drug-likeness (QED) is 0.653. The molecule has 0 aliphatic heterocycles. The first-order valence-electron chi connectivity index (χ1n) is 6.02. The molecular formula is C12H9F9O3. The molecule has 24 heavy (non-hydrogen) atoms. The fraction of sp³-hybridized carbons (Fsp3) is 0.500. The predicted molar refractivity (Wildman–Crippen MR) is 60.6 cm³/mol. The Morgan fingerprint density at radius 1 is 0.667 bits per heavy atom. The molecular weight excluding hydrogens is 363 g/mol. The Kier molecular flexibility index (Phi) is 5.41. The van der Waals surface area contributed by atoms with Crippen molar-refractivity contribution in [1.82, 2.24) is 0 Å². The molecule has 1 aromatic carbocycles. The minimum absolute atomic E-state index is 0.192. The second kappa shape index (κ2) is 6.48. The number of halogens is 9. The molecule has 0 aliphatic carbocycles. The molecule has 0 unspecified atom stereocenters. The third kappa shape index (κ3) is 6.62. The van der Waals surface area contributed by atoms with Gasteiger partial charge in [-0.3, -0.25) is 0 Å². The molecule has 0 aromatic heterocycles. The Balaban J connectivity index is 3.55. The second-order valence-corrected chi connectivity index (χ2v) is 4.64. The van der Waals surface area contributed by atoms with Gasteiger partial charge in [-0.15, -0.1) is 39.5 Å². The molecule has 0 saturated heterocycles. The van der Waals surface area contributed by atoms with Crippen LogP contribution in [0, 0.1) is 0 Å². The maximum absolute atomic E-state index is 12.3. The average molecular weight is 372 g/mol. The van der Waals surface area contributed by atoms with Gasteiger partial charge in [0.15, 0.2) is 11.5 Å². The van der Waals surface area contributed by atoms with Crippen molar-refractivity contribution in [2.75, 3.05) is 0 Å². The van der Waals surface area contributed by atoms with Crippen LogP contribution < -0.4 is 14.2 Å². The van der Waals surface area contributed by atoms with E-state index in [-0.39, 0.29) is 5.56 Å². The van der Waals surface area contributed by atoms with Gasteiger partial charge in [-0.25, -0.2) is 0 Å². The van der Waals surface area contributed by atoms with E-state index in [1.54, 1.807) is 0 Å². The van der Waals surface area contributed by atoms with Gasteiger partial charge in [0, 0.05) is 0 Å². The van der Waals surface area contributed by atoms with Gasteiger partial charge < -0.3 is 14.2 Å². The third-order valence-electron chi connectivity index (χ3n) is 2.38. The van der Waals surface area contributed by atoms with E-state index in [9.17, 15) is 39.5 Å². The largest absolute Gasteiger partial charge is 0.573 e. The number of alkyl halides is 9. The normalized spacial score (nSPS) is 13.2. The van der Waals surface area contributed by atoms with Crippen LogP contribution in [0.15, 0.2) is 12.1 Å². The number of benzene rings is 1. The van der Waals surface area contributed by atoms with Gasteiger partial charge in [-0.2, -0.15) is 0 Å². The highest BCUT2D eigenvalue weighted by atomic mass is 19.4. The summed E-state index contributed by atoms with van der Waals surface area (Å²) in [6.07, 6.45) is -16.5. The van der Waals surface area contributed by atoms with Crippen molar-refractivity contribution in [3.63, 3.8) is 0 Å². The lowest BCUT2D eigenvalue weighted by Gasteiger charge is -2.21. The molecule has 0 radical (unpaired) electrons.